The summed E-state index contributed by atoms with van der Waals surface area (Å²) in [6.07, 6.45) is 0.595. The molecule has 1 aromatic carbocycles. The van der Waals surface area contributed by atoms with Gasteiger partial charge in [0, 0.05) is 11.8 Å². The lowest BCUT2D eigenvalue weighted by molar-refractivity contribution is -0.117. The lowest BCUT2D eigenvalue weighted by Crippen LogP contribution is -2.35. The van der Waals surface area contributed by atoms with E-state index in [4.69, 9.17) is 15.2 Å². The van der Waals surface area contributed by atoms with E-state index in [0.29, 0.717) is 23.6 Å². The van der Waals surface area contributed by atoms with Crippen LogP contribution in [0.1, 0.15) is 18.9 Å². The first-order valence-electron chi connectivity index (χ1n) is 5.82. The average molecular weight is 289 g/mol. The van der Waals surface area contributed by atoms with Crippen LogP contribution in [0.5, 0.6) is 11.5 Å². The first kappa shape index (κ1) is 17.5. The van der Waals surface area contributed by atoms with Gasteiger partial charge < -0.3 is 20.5 Å². The number of methoxy groups -OCH3 is 2. The highest BCUT2D eigenvalue weighted by Gasteiger charge is 2.14. The summed E-state index contributed by atoms with van der Waals surface area (Å²) in [5, 5.41) is 2.79. The van der Waals surface area contributed by atoms with Gasteiger partial charge in [-0.3, -0.25) is 4.79 Å². The van der Waals surface area contributed by atoms with E-state index in [2.05, 4.69) is 5.32 Å². The normalized spacial score (nSPS) is 11.2. The second-order valence-electron chi connectivity index (χ2n) is 4.03. The van der Waals surface area contributed by atoms with Crippen LogP contribution in [-0.2, 0) is 4.79 Å². The SMILES string of the molecule is CC[C@H](N)C(=O)Nc1cc(OC)c(OC)cc1C.Cl. The molecule has 0 unspecified atom stereocenters. The second kappa shape index (κ2) is 7.86. The Morgan fingerprint density at radius 3 is 2.32 bits per heavy atom. The number of nitrogens with two attached hydrogens (primary N) is 1. The van der Waals surface area contributed by atoms with Crippen LogP contribution in [0, 0.1) is 6.92 Å². The lowest BCUT2D eigenvalue weighted by atomic mass is 10.1. The summed E-state index contributed by atoms with van der Waals surface area (Å²) in [6.45, 7) is 3.75. The molecule has 1 atom stereocenters. The number of benzene rings is 1. The Labute approximate surface area is 119 Å². The van der Waals surface area contributed by atoms with Crippen molar-refractivity contribution in [3.8, 4) is 11.5 Å². The zero-order valence-corrected chi connectivity index (χ0v) is 12.5. The Bertz CT molecular complexity index is 438. The molecule has 6 heteroatoms. The molecule has 0 saturated heterocycles. The number of anilines is 1. The van der Waals surface area contributed by atoms with E-state index >= 15 is 0 Å². The number of carbonyl (C=O) groups excluding carboxylic acids is 1. The number of nitrogens with one attached hydrogen (secondary N) is 1. The summed E-state index contributed by atoms with van der Waals surface area (Å²) in [5.41, 5.74) is 7.25. The molecule has 0 aliphatic carbocycles. The molecule has 0 aromatic heterocycles. The van der Waals surface area contributed by atoms with Gasteiger partial charge in [-0.2, -0.15) is 0 Å². The Balaban J connectivity index is 0.00000324. The third kappa shape index (κ3) is 4.29. The molecule has 0 spiro atoms. The zero-order chi connectivity index (χ0) is 13.7. The molecule has 3 N–H and O–H groups in total. The minimum absolute atomic E-state index is 0. The largest absolute Gasteiger partial charge is 0.493 e. The highest BCUT2D eigenvalue weighted by atomic mass is 35.5. The first-order chi connectivity index (χ1) is 8.53. The van der Waals surface area contributed by atoms with Gasteiger partial charge in [-0.15, -0.1) is 12.4 Å². The minimum atomic E-state index is -0.502. The van der Waals surface area contributed by atoms with Crippen molar-refractivity contribution in [3.63, 3.8) is 0 Å². The number of amides is 1. The van der Waals surface area contributed by atoms with Crippen molar-refractivity contribution >= 4 is 24.0 Å². The summed E-state index contributed by atoms with van der Waals surface area (Å²) >= 11 is 0. The Hall–Kier alpha value is -1.46. The smallest absolute Gasteiger partial charge is 0.241 e. The Kier molecular flexibility index (Phi) is 7.26. The van der Waals surface area contributed by atoms with Crippen molar-refractivity contribution in [1.29, 1.82) is 0 Å². The van der Waals surface area contributed by atoms with Crippen LogP contribution in [-0.4, -0.2) is 26.2 Å². The predicted molar refractivity (Wildman–Crippen MR) is 78.4 cm³/mol. The van der Waals surface area contributed by atoms with Crippen LogP contribution in [0.4, 0.5) is 5.69 Å². The van der Waals surface area contributed by atoms with Crippen LogP contribution in [0.3, 0.4) is 0 Å². The standard InChI is InChI=1S/C13H20N2O3.ClH/c1-5-9(14)13(16)15-10-7-12(18-4)11(17-3)6-8(10)2;/h6-7,9H,5,14H2,1-4H3,(H,15,16);1H/t9-;/m0./s1. The minimum Gasteiger partial charge on any atom is -0.493 e. The van der Waals surface area contributed by atoms with Crippen LogP contribution < -0.4 is 20.5 Å². The highest BCUT2D eigenvalue weighted by Crippen LogP contribution is 2.32. The molecule has 0 bridgehead atoms. The molecular formula is C13H21ClN2O3. The number of hydrogen-bond donors (Lipinski definition) is 2. The van der Waals surface area contributed by atoms with Gasteiger partial charge in [-0.25, -0.2) is 0 Å². The van der Waals surface area contributed by atoms with Crippen molar-refractivity contribution in [2.75, 3.05) is 19.5 Å². The number of ether oxygens (including phenoxy) is 2. The number of carbonyl (C=O) groups is 1. The molecule has 0 heterocycles. The third-order valence-electron chi connectivity index (χ3n) is 2.77. The second-order valence-corrected chi connectivity index (χ2v) is 4.03. The quantitative estimate of drug-likeness (QED) is 0.870. The molecule has 0 radical (unpaired) electrons. The fourth-order valence-electron chi connectivity index (χ4n) is 1.53. The molecule has 0 aliphatic heterocycles. The maximum absolute atomic E-state index is 11.7. The zero-order valence-electron chi connectivity index (χ0n) is 11.6. The van der Waals surface area contributed by atoms with E-state index in [1.807, 2.05) is 19.9 Å². The van der Waals surface area contributed by atoms with Gasteiger partial charge in [0.1, 0.15) is 0 Å². The van der Waals surface area contributed by atoms with Gasteiger partial charge in [0.25, 0.3) is 0 Å². The summed E-state index contributed by atoms with van der Waals surface area (Å²) < 4.78 is 10.4. The predicted octanol–water partition coefficient (Wildman–Crippen LogP) is 2.11. The van der Waals surface area contributed by atoms with Crippen LogP contribution in [0.2, 0.25) is 0 Å². The third-order valence-corrected chi connectivity index (χ3v) is 2.77. The fourth-order valence-corrected chi connectivity index (χ4v) is 1.53. The first-order valence-corrected chi connectivity index (χ1v) is 5.82. The van der Waals surface area contributed by atoms with Gasteiger partial charge in [-0.1, -0.05) is 6.92 Å². The van der Waals surface area contributed by atoms with Crippen molar-refractivity contribution in [2.45, 2.75) is 26.3 Å². The number of hydrogen-bond acceptors (Lipinski definition) is 4. The molecular weight excluding hydrogens is 268 g/mol. The summed E-state index contributed by atoms with van der Waals surface area (Å²) in [7, 11) is 3.12. The molecule has 0 fully saturated rings. The topological polar surface area (TPSA) is 73.6 Å². The molecule has 19 heavy (non-hydrogen) atoms. The average Bonchev–Trinajstić information content (AvgIpc) is 2.39. The molecule has 0 aliphatic rings. The number of aryl methyl sites for hydroxylation is 1. The molecule has 108 valence electrons. The van der Waals surface area contributed by atoms with Crippen molar-refractivity contribution in [2.24, 2.45) is 5.73 Å². The maximum atomic E-state index is 11.7. The van der Waals surface area contributed by atoms with Crippen molar-refractivity contribution in [1.82, 2.24) is 0 Å². The highest BCUT2D eigenvalue weighted by molar-refractivity contribution is 5.95. The van der Waals surface area contributed by atoms with E-state index in [1.54, 1.807) is 20.3 Å². The Morgan fingerprint density at radius 2 is 1.84 bits per heavy atom. The summed E-state index contributed by atoms with van der Waals surface area (Å²) in [5.74, 6) is 1.00. The molecule has 1 aromatic rings. The Morgan fingerprint density at radius 1 is 1.32 bits per heavy atom. The van der Waals surface area contributed by atoms with Gasteiger partial charge >= 0.3 is 0 Å². The van der Waals surface area contributed by atoms with Crippen LogP contribution in [0.25, 0.3) is 0 Å². The lowest BCUT2D eigenvalue weighted by Gasteiger charge is -2.15. The van der Waals surface area contributed by atoms with Gasteiger partial charge in [0.15, 0.2) is 11.5 Å². The van der Waals surface area contributed by atoms with Crippen LogP contribution >= 0.6 is 12.4 Å². The maximum Gasteiger partial charge on any atom is 0.241 e. The van der Waals surface area contributed by atoms with Gasteiger partial charge in [-0.05, 0) is 25.0 Å². The van der Waals surface area contributed by atoms with E-state index < -0.39 is 6.04 Å². The van der Waals surface area contributed by atoms with Crippen molar-refractivity contribution < 1.29 is 14.3 Å². The number of halogens is 1. The van der Waals surface area contributed by atoms with Gasteiger partial charge in [0.05, 0.1) is 20.3 Å². The molecule has 1 rings (SSSR count). The van der Waals surface area contributed by atoms with E-state index in [-0.39, 0.29) is 18.3 Å². The molecule has 1 amide bonds. The fraction of sp³-hybridized carbons (Fsp3) is 0.462. The van der Waals surface area contributed by atoms with Crippen molar-refractivity contribution in [3.05, 3.63) is 17.7 Å². The molecule has 0 saturated carbocycles. The summed E-state index contributed by atoms with van der Waals surface area (Å²) in [4.78, 5) is 11.7. The van der Waals surface area contributed by atoms with E-state index in [0.717, 1.165) is 5.56 Å². The summed E-state index contributed by atoms with van der Waals surface area (Å²) in [6, 6.07) is 3.04. The molecule has 5 nitrogen and oxygen atoms in total. The van der Waals surface area contributed by atoms with E-state index in [1.165, 1.54) is 0 Å². The van der Waals surface area contributed by atoms with E-state index in [9.17, 15) is 4.79 Å². The van der Waals surface area contributed by atoms with Gasteiger partial charge in [0.2, 0.25) is 5.91 Å². The number of rotatable bonds is 5. The van der Waals surface area contributed by atoms with Crippen LogP contribution in [0.15, 0.2) is 12.1 Å². The monoisotopic (exact) mass is 288 g/mol.